The van der Waals surface area contributed by atoms with Crippen molar-refractivity contribution in [2.45, 2.75) is 155 Å². The summed E-state index contributed by atoms with van der Waals surface area (Å²) < 4.78 is 37.4. The normalized spacial score (nSPS) is 23.1. The van der Waals surface area contributed by atoms with Gasteiger partial charge in [-0.3, -0.25) is 33.4 Å². The Balaban J connectivity index is 1.85. The van der Waals surface area contributed by atoms with Crippen molar-refractivity contribution in [3.05, 3.63) is 12.2 Å². The summed E-state index contributed by atoms with van der Waals surface area (Å²) >= 11 is 0. The van der Waals surface area contributed by atoms with Crippen LogP contribution in [0.5, 0.6) is 0 Å². The molecular formula is C42H75N6O11P. The first kappa shape index (κ1) is 51.4. The Morgan fingerprint density at radius 1 is 0.867 bits per heavy atom. The zero-order valence-corrected chi connectivity index (χ0v) is 39.2. The second-order valence-corrected chi connectivity index (χ2v) is 19.1. The molecule has 4 aliphatic rings. The number of likely N-dealkylation sites (N-methyl/N-ethyl adjacent to an activating group) is 2. The van der Waals surface area contributed by atoms with E-state index in [-0.39, 0.29) is 61.2 Å². The summed E-state index contributed by atoms with van der Waals surface area (Å²) in [5.74, 6) is -5.04. The van der Waals surface area contributed by atoms with Crippen molar-refractivity contribution in [1.29, 1.82) is 0 Å². The van der Waals surface area contributed by atoms with Gasteiger partial charge in [0.1, 0.15) is 12.1 Å². The van der Waals surface area contributed by atoms with Crippen LogP contribution in [0.2, 0.25) is 0 Å². The van der Waals surface area contributed by atoms with Crippen LogP contribution in [0.15, 0.2) is 12.2 Å². The van der Waals surface area contributed by atoms with Crippen molar-refractivity contribution in [2.24, 2.45) is 23.7 Å². The molecule has 1 aliphatic carbocycles. The van der Waals surface area contributed by atoms with Gasteiger partial charge in [0.2, 0.25) is 29.4 Å². The van der Waals surface area contributed by atoms with E-state index >= 15 is 0 Å². The molecule has 2 unspecified atom stereocenters. The van der Waals surface area contributed by atoms with Gasteiger partial charge in [-0.25, -0.2) is 5.06 Å². The number of hydroxylamine groups is 2. The summed E-state index contributed by atoms with van der Waals surface area (Å²) in [6.45, 7) is 16.9. The van der Waals surface area contributed by atoms with Crippen molar-refractivity contribution >= 4 is 37.1 Å². The fraction of sp³-hybridized carbons (Fsp3) is 0.833. The topological polar surface area (TPSA) is 194 Å². The lowest BCUT2D eigenvalue weighted by atomic mass is 9.89. The molecule has 3 N–H and O–H groups in total. The molecule has 5 amide bonds. The fourth-order valence-corrected chi connectivity index (χ4v) is 10.5. The molecule has 0 saturated carbocycles. The SMILES string of the molecule is CCOP(=O)(OCC)[C@@H](NC(=O)[C@H](C)[C@@H](OC)[C@@H]1CCCN1C(=O)C[C@@H](OC)[C@H]([C@@H](C)CC)N(C)C(=O)[C@@H](NC(=O)[C@@H](NC)C(C)C)C(C)C)C(=O)N1OC2C=CC1CC2. The molecule has 2 fully saturated rings. The van der Waals surface area contributed by atoms with E-state index in [2.05, 4.69) is 16.0 Å². The smallest absolute Gasteiger partial charge is 0.362 e. The second kappa shape index (κ2) is 23.5. The number of likely N-dealkylation sites (tertiary alicyclic amines) is 1. The standard InChI is InChI=1S/C42H75N6O11P/c1-14-27(8)36(46(11)41(52)35(26(6)7)44-39(51)34(43-10)25(4)5)32(55-12)24-33(49)47-23-17-18-31(47)37(56-13)28(9)38(50)45-40(60(54,57-15-2)58-16-3)42(53)48-29-19-21-30(59-48)22-20-29/h19,21,25-32,34-37,40,43H,14-18,20,22-24H2,1-13H3,(H,44,51)(H,45,50)/t27-,28+,29?,30?,31-,32+,34-,35-,36-,37+,40+/m0/s1. The first-order valence-electron chi connectivity index (χ1n) is 21.8. The number of fused-ring (bicyclic) bond motifs is 2. The monoisotopic (exact) mass is 871 g/mol. The average Bonchev–Trinajstić information content (AvgIpc) is 3.71. The van der Waals surface area contributed by atoms with Crippen molar-refractivity contribution < 1.29 is 51.9 Å². The lowest BCUT2D eigenvalue weighted by Crippen LogP contribution is -2.59. The first-order valence-corrected chi connectivity index (χ1v) is 23.4. The van der Waals surface area contributed by atoms with Gasteiger partial charge in [-0.15, -0.1) is 0 Å². The Hall–Kier alpha value is -2.92. The molecule has 11 atom stereocenters. The van der Waals surface area contributed by atoms with Crippen LogP contribution in [0.3, 0.4) is 0 Å². The van der Waals surface area contributed by atoms with E-state index in [1.165, 1.54) is 14.2 Å². The molecule has 2 bridgehead atoms. The minimum atomic E-state index is -4.24. The predicted molar refractivity (Wildman–Crippen MR) is 227 cm³/mol. The van der Waals surface area contributed by atoms with Crippen LogP contribution in [0.1, 0.15) is 101 Å². The van der Waals surface area contributed by atoms with E-state index in [9.17, 15) is 28.5 Å². The highest BCUT2D eigenvalue weighted by Gasteiger charge is 2.50. The van der Waals surface area contributed by atoms with E-state index in [0.717, 1.165) is 11.5 Å². The van der Waals surface area contributed by atoms with Crippen LogP contribution in [-0.2, 0) is 51.9 Å². The number of methoxy groups -OCH3 is 2. The van der Waals surface area contributed by atoms with E-state index in [1.807, 2.05) is 53.7 Å². The summed E-state index contributed by atoms with van der Waals surface area (Å²) in [7, 11) is 2.16. The fourth-order valence-electron chi connectivity index (χ4n) is 8.76. The third-order valence-electron chi connectivity index (χ3n) is 12.3. The summed E-state index contributed by atoms with van der Waals surface area (Å²) in [6.07, 6.45) is 5.13. The number of rotatable bonds is 24. The number of hydrogen-bond donors (Lipinski definition) is 3. The summed E-state index contributed by atoms with van der Waals surface area (Å²) in [5, 5.41) is 9.87. The van der Waals surface area contributed by atoms with Gasteiger partial charge in [0.05, 0.1) is 61.9 Å². The van der Waals surface area contributed by atoms with Crippen molar-refractivity contribution in [3.63, 3.8) is 0 Å². The maximum atomic E-state index is 14.4. The van der Waals surface area contributed by atoms with Gasteiger partial charge in [-0.2, -0.15) is 0 Å². The number of hydrogen-bond acceptors (Lipinski definition) is 12. The van der Waals surface area contributed by atoms with Crippen molar-refractivity contribution in [1.82, 2.24) is 30.8 Å². The highest BCUT2D eigenvalue weighted by molar-refractivity contribution is 7.55. The molecule has 344 valence electrons. The largest absolute Gasteiger partial charge is 0.379 e. The van der Waals surface area contributed by atoms with Gasteiger partial charge >= 0.3 is 7.60 Å². The maximum Gasteiger partial charge on any atom is 0.362 e. The molecule has 0 radical (unpaired) electrons. The highest BCUT2D eigenvalue weighted by Crippen LogP contribution is 2.53. The highest BCUT2D eigenvalue weighted by atomic mass is 31.2. The van der Waals surface area contributed by atoms with Crippen LogP contribution in [-0.4, -0.2) is 147 Å². The molecule has 0 aromatic carbocycles. The van der Waals surface area contributed by atoms with Gasteiger partial charge in [-0.1, -0.05) is 67.0 Å². The van der Waals surface area contributed by atoms with Gasteiger partial charge in [-0.05, 0) is 64.3 Å². The number of nitrogens with zero attached hydrogens (tertiary/aromatic N) is 3. The number of nitrogens with one attached hydrogen (secondary N) is 3. The van der Waals surface area contributed by atoms with Crippen molar-refractivity contribution in [2.75, 3.05) is 48.1 Å². The summed E-state index contributed by atoms with van der Waals surface area (Å²) in [6, 6.07) is -2.71. The molecule has 3 aliphatic heterocycles. The Morgan fingerprint density at radius 3 is 1.97 bits per heavy atom. The van der Waals surface area contributed by atoms with Crippen LogP contribution in [0.25, 0.3) is 0 Å². The molecule has 3 heterocycles. The van der Waals surface area contributed by atoms with Crippen LogP contribution in [0.4, 0.5) is 0 Å². The lowest BCUT2D eigenvalue weighted by molar-refractivity contribution is -0.230. The number of amides is 5. The van der Waals surface area contributed by atoms with Gasteiger partial charge in [0.15, 0.2) is 0 Å². The second-order valence-electron chi connectivity index (χ2n) is 17.0. The summed E-state index contributed by atoms with van der Waals surface area (Å²) in [4.78, 5) is 79.3. The minimum absolute atomic E-state index is 0.00454. The molecule has 0 spiro atoms. The molecule has 0 aromatic heterocycles. The Bertz CT molecular complexity index is 1520. The van der Waals surface area contributed by atoms with Crippen LogP contribution < -0.4 is 16.0 Å². The van der Waals surface area contributed by atoms with E-state index in [0.29, 0.717) is 32.2 Å². The Kier molecular flexibility index (Phi) is 20.1. The van der Waals surface area contributed by atoms with Crippen LogP contribution in [0, 0.1) is 23.7 Å². The molecule has 2 saturated heterocycles. The molecular weight excluding hydrogens is 795 g/mol. The Labute approximate surface area is 358 Å². The number of ether oxygens (including phenoxy) is 2. The minimum Gasteiger partial charge on any atom is -0.379 e. The van der Waals surface area contributed by atoms with Gasteiger partial charge in [0.25, 0.3) is 5.91 Å². The third-order valence-corrected chi connectivity index (χ3v) is 14.5. The molecule has 60 heavy (non-hydrogen) atoms. The van der Waals surface area contributed by atoms with E-state index in [1.54, 1.807) is 44.7 Å². The number of carbonyl (C=O) groups excluding carboxylic acids is 5. The van der Waals surface area contributed by atoms with Crippen molar-refractivity contribution in [3.8, 4) is 0 Å². The van der Waals surface area contributed by atoms with Gasteiger partial charge in [0, 0.05) is 27.8 Å². The zero-order chi connectivity index (χ0) is 45.1. The van der Waals surface area contributed by atoms with E-state index in [4.69, 9.17) is 23.4 Å². The number of carbonyl (C=O) groups is 5. The van der Waals surface area contributed by atoms with E-state index < -0.39 is 73.5 Å². The quantitative estimate of drug-likeness (QED) is 0.0939. The Morgan fingerprint density at radius 2 is 1.50 bits per heavy atom. The molecule has 18 heteroatoms. The predicted octanol–water partition coefficient (Wildman–Crippen LogP) is 3.86. The molecule has 4 rings (SSSR count). The lowest BCUT2D eigenvalue weighted by Gasteiger charge is -2.42. The average molecular weight is 871 g/mol. The zero-order valence-electron chi connectivity index (χ0n) is 38.3. The first-order chi connectivity index (χ1) is 28.3. The summed E-state index contributed by atoms with van der Waals surface area (Å²) in [5.41, 5.74) is 0. The molecule has 0 aromatic rings. The maximum absolute atomic E-state index is 14.4. The van der Waals surface area contributed by atoms with Gasteiger partial charge < -0.3 is 44.3 Å². The third kappa shape index (κ3) is 12.2. The molecule has 17 nitrogen and oxygen atoms in total. The van der Waals surface area contributed by atoms with Crippen LogP contribution >= 0.6 is 7.60 Å².